The maximum absolute atomic E-state index is 5.95. The van der Waals surface area contributed by atoms with Crippen LogP contribution in [0.15, 0.2) is 4.52 Å². The number of hydrogen-bond acceptors (Lipinski definition) is 5. The molecule has 0 aliphatic heterocycles. The van der Waals surface area contributed by atoms with E-state index in [0.717, 1.165) is 25.7 Å². The Kier molecular flexibility index (Phi) is 3.79. The molecule has 0 aromatic carbocycles. The van der Waals surface area contributed by atoms with Gasteiger partial charge in [-0.05, 0) is 25.7 Å². The van der Waals surface area contributed by atoms with Crippen LogP contribution in [0.3, 0.4) is 0 Å². The molecule has 0 amide bonds. The Labute approximate surface area is 102 Å². The van der Waals surface area contributed by atoms with Crippen LogP contribution in [-0.2, 0) is 11.2 Å². The molecule has 1 aliphatic carbocycles. The third-order valence-electron chi connectivity index (χ3n) is 3.59. The zero-order valence-corrected chi connectivity index (χ0v) is 10.6. The van der Waals surface area contributed by atoms with Crippen LogP contribution in [-0.4, -0.2) is 22.9 Å². The fourth-order valence-electron chi connectivity index (χ4n) is 2.23. The number of nitrogens with two attached hydrogens (primary N) is 1. The Hall–Kier alpha value is -0.940. The lowest BCUT2D eigenvalue weighted by Crippen LogP contribution is -2.41. The van der Waals surface area contributed by atoms with Gasteiger partial charge in [-0.25, -0.2) is 0 Å². The molecule has 96 valence electrons. The maximum Gasteiger partial charge on any atom is 0.229 e. The third-order valence-corrected chi connectivity index (χ3v) is 3.59. The highest BCUT2D eigenvalue weighted by atomic mass is 16.5. The summed E-state index contributed by atoms with van der Waals surface area (Å²) in [5.74, 6) is 1.26. The quantitative estimate of drug-likeness (QED) is 0.821. The van der Waals surface area contributed by atoms with Crippen molar-refractivity contribution in [3.05, 3.63) is 11.7 Å². The lowest BCUT2D eigenvalue weighted by Gasteiger charge is -2.39. The van der Waals surface area contributed by atoms with Gasteiger partial charge in [-0.2, -0.15) is 4.98 Å². The predicted molar refractivity (Wildman–Crippen MR) is 63.4 cm³/mol. The Balaban J connectivity index is 1.98. The van der Waals surface area contributed by atoms with Gasteiger partial charge in [0.2, 0.25) is 5.89 Å². The van der Waals surface area contributed by atoms with E-state index in [1.807, 2.05) is 0 Å². The second-order valence-electron chi connectivity index (χ2n) is 4.86. The zero-order valence-electron chi connectivity index (χ0n) is 10.6. The van der Waals surface area contributed by atoms with Gasteiger partial charge < -0.3 is 15.0 Å². The number of hydrogen-bond donors (Lipinski definition) is 1. The molecule has 5 nitrogen and oxygen atoms in total. The molecular weight excluding hydrogens is 218 g/mol. The van der Waals surface area contributed by atoms with Crippen molar-refractivity contribution in [1.82, 2.24) is 10.1 Å². The van der Waals surface area contributed by atoms with Crippen molar-refractivity contribution in [1.29, 1.82) is 0 Å². The van der Waals surface area contributed by atoms with Crippen LogP contribution in [0.25, 0.3) is 0 Å². The van der Waals surface area contributed by atoms with E-state index in [-0.39, 0.29) is 11.6 Å². The number of nitrogens with zero attached hydrogens (tertiary/aromatic N) is 2. The summed E-state index contributed by atoms with van der Waals surface area (Å²) in [5, 5.41) is 3.94. The van der Waals surface area contributed by atoms with Crippen molar-refractivity contribution in [3.63, 3.8) is 0 Å². The van der Waals surface area contributed by atoms with E-state index in [1.54, 1.807) is 7.11 Å². The van der Waals surface area contributed by atoms with E-state index in [1.165, 1.54) is 6.42 Å². The van der Waals surface area contributed by atoms with Gasteiger partial charge >= 0.3 is 0 Å². The smallest absolute Gasteiger partial charge is 0.229 e. The molecular formula is C12H21N3O2. The van der Waals surface area contributed by atoms with Crippen LogP contribution in [0.1, 0.15) is 56.8 Å². The first kappa shape index (κ1) is 12.5. The van der Waals surface area contributed by atoms with Crippen LogP contribution in [0, 0.1) is 0 Å². The predicted octanol–water partition coefficient (Wildman–Crippen LogP) is 1.98. The highest BCUT2D eigenvalue weighted by Crippen LogP contribution is 2.37. The maximum atomic E-state index is 5.95. The molecule has 1 fully saturated rings. The number of rotatable bonds is 6. The highest BCUT2D eigenvalue weighted by Gasteiger charge is 2.39. The largest absolute Gasteiger partial charge is 0.378 e. The summed E-state index contributed by atoms with van der Waals surface area (Å²) < 4.78 is 10.8. The number of methoxy groups -OCH3 is 1. The molecule has 2 rings (SSSR count). The molecule has 17 heavy (non-hydrogen) atoms. The lowest BCUT2D eigenvalue weighted by molar-refractivity contribution is -0.0751. The van der Waals surface area contributed by atoms with Gasteiger partial charge in [0.25, 0.3) is 0 Å². The van der Waals surface area contributed by atoms with Gasteiger partial charge in [0.1, 0.15) is 0 Å². The minimum absolute atomic E-state index is 0.0708. The first-order valence-electron chi connectivity index (χ1n) is 6.32. The molecule has 1 atom stereocenters. The standard InChI is InChI=1S/C12H21N3O2/c1-3-5-9(13)11-14-10(17-15-11)8-12(16-2)6-4-7-12/h9H,3-8,13H2,1-2H3. The van der Waals surface area contributed by atoms with Crippen molar-refractivity contribution in [2.24, 2.45) is 5.73 Å². The van der Waals surface area contributed by atoms with Crippen LogP contribution in [0.2, 0.25) is 0 Å². The molecule has 1 aromatic heterocycles. The average molecular weight is 239 g/mol. The second kappa shape index (κ2) is 5.14. The van der Waals surface area contributed by atoms with Crippen LogP contribution >= 0.6 is 0 Å². The van der Waals surface area contributed by atoms with E-state index < -0.39 is 0 Å². The summed E-state index contributed by atoms with van der Waals surface area (Å²) in [6, 6.07) is -0.114. The van der Waals surface area contributed by atoms with Gasteiger partial charge in [-0.3, -0.25) is 0 Å². The Bertz CT molecular complexity index is 355. The fourth-order valence-corrected chi connectivity index (χ4v) is 2.23. The molecule has 0 saturated heterocycles. The number of aromatic nitrogens is 2. The second-order valence-corrected chi connectivity index (χ2v) is 4.86. The molecule has 2 N–H and O–H groups in total. The van der Waals surface area contributed by atoms with Gasteiger partial charge in [0.15, 0.2) is 5.82 Å². The summed E-state index contributed by atoms with van der Waals surface area (Å²) in [4.78, 5) is 4.36. The minimum Gasteiger partial charge on any atom is -0.378 e. The third kappa shape index (κ3) is 2.66. The molecule has 1 aromatic rings. The topological polar surface area (TPSA) is 74.2 Å². The first-order chi connectivity index (χ1) is 8.19. The summed E-state index contributed by atoms with van der Waals surface area (Å²) in [6.07, 6.45) is 5.96. The first-order valence-corrected chi connectivity index (χ1v) is 6.32. The Morgan fingerprint density at radius 3 is 2.82 bits per heavy atom. The van der Waals surface area contributed by atoms with Crippen LogP contribution < -0.4 is 5.73 Å². The van der Waals surface area contributed by atoms with Gasteiger partial charge in [0, 0.05) is 7.11 Å². The van der Waals surface area contributed by atoms with Crippen molar-refractivity contribution in [2.45, 2.75) is 57.1 Å². The summed E-state index contributed by atoms with van der Waals surface area (Å²) >= 11 is 0. The molecule has 0 bridgehead atoms. The zero-order chi connectivity index (χ0) is 12.3. The van der Waals surface area contributed by atoms with E-state index in [4.69, 9.17) is 15.0 Å². The molecule has 1 heterocycles. The number of ether oxygens (including phenoxy) is 1. The van der Waals surface area contributed by atoms with Crippen LogP contribution in [0.4, 0.5) is 0 Å². The summed E-state index contributed by atoms with van der Waals surface area (Å²) in [5.41, 5.74) is 5.87. The highest BCUT2D eigenvalue weighted by molar-refractivity contribution is 5.00. The minimum atomic E-state index is -0.114. The summed E-state index contributed by atoms with van der Waals surface area (Å²) in [7, 11) is 1.75. The van der Waals surface area contributed by atoms with E-state index in [2.05, 4.69) is 17.1 Å². The van der Waals surface area contributed by atoms with Crippen molar-refractivity contribution in [3.8, 4) is 0 Å². The Morgan fingerprint density at radius 2 is 2.29 bits per heavy atom. The van der Waals surface area contributed by atoms with E-state index in [0.29, 0.717) is 18.1 Å². The molecule has 1 unspecified atom stereocenters. The van der Waals surface area contributed by atoms with Crippen molar-refractivity contribution >= 4 is 0 Å². The van der Waals surface area contributed by atoms with Gasteiger partial charge in [-0.1, -0.05) is 18.5 Å². The lowest BCUT2D eigenvalue weighted by atomic mass is 9.77. The fraction of sp³-hybridized carbons (Fsp3) is 0.833. The SMILES string of the molecule is CCCC(N)c1noc(CC2(OC)CCC2)n1. The van der Waals surface area contributed by atoms with Gasteiger partial charge in [-0.15, -0.1) is 0 Å². The molecule has 5 heteroatoms. The van der Waals surface area contributed by atoms with Gasteiger partial charge in [0.05, 0.1) is 18.1 Å². The molecule has 1 saturated carbocycles. The molecule has 1 aliphatic rings. The van der Waals surface area contributed by atoms with Crippen molar-refractivity contribution < 1.29 is 9.26 Å². The molecule has 0 spiro atoms. The molecule has 0 radical (unpaired) electrons. The van der Waals surface area contributed by atoms with E-state index >= 15 is 0 Å². The monoisotopic (exact) mass is 239 g/mol. The van der Waals surface area contributed by atoms with Crippen molar-refractivity contribution in [2.75, 3.05) is 7.11 Å². The summed E-state index contributed by atoms with van der Waals surface area (Å²) in [6.45, 7) is 2.09. The average Bonchev–Trinajstić information content (AvgIpc) is 2.72. The van der Waals surface area contributed by atoms with Crippen LogP contribution in [0.5, 0.6) is 0 Å². The van der Waals surface area contributed by atoms with E-state index in [9.17, 15) is 0 Å². The normalized spacial score (nSPS) is 19.9. The Morgan fingerprint density at radius 1 is 1.53 bits per heavy atom.